The summed E-state index contributed by atoms with van der Waals surface area (Å²) < 4.78 is 6.30. The molecule has 34 heavy (non-hydrogen) atoms. The van der Waals surface area contributed by atoms with E-state index in [0.717, 1.165) is 5.56 Å². The van der Waals surface area contributed by atoms with Crippen LogP contribution in [0, 0.1) is 13.8 Å². The molecule has 0 amide bonds. The zero-order valence-corrected chi connectivity index (χ0v) is 20.4. The van der Waals surface area contributed by atoms with E-state index < -0.39 is 23.0 Å². The van der Waals surface area contributed by atoms with Gasteiger partial charge in [-0.3, -0.25) is 28.9 Å². The lowest BCUT2D eigenvalue weighted by Crippen LogP contribution is -2.38. The van der Waals surface area contributed by atoms with E-state index in [0.29, 0.717) is 22.0 Å². The maximum atomic E-state index is 13.7. The fraction of sp³-hybridized carbons (Fsp3) is 0.320. The lowest BCUT2D eigenvalue weighted by molar-refractivity contribution is -0.142. The number of ether oxygens (including phenoxy) is 1. The summed E-state index contributed by atoms with van der Waals surface area (Å²) in [6, 6.07) is 8.37. The molecule has 0 bridgehead atoms. The van der Waals surface area contributed by atoms with E-state index in [9.17, 15) is 19.2 Å². The number of hydrogen-bond donors (Lipinski definition) is 1. The van der Waals surface area contributed by atoms with Gasteiger partial charge < -0.3 is 4.74 Å². The van der Waals surface area contributed by atoms with Gasteiger partial charge in [0.15, 0.2) is 0 Å². The van der Waals surface area contributed by atoms with Crippen molar-refractivity contribution < 1.29 is 14.3 Å². The second kappa shape index (κ2) is 10.2. The van der Waals surface area contributed by atoms with Gasteiger partial charge in [-0.15, -0.1) is 0 Å². The summed E-state index contributed by atoms with van der Waals surface area (Å²) in [5, 5.41) is 0.382. The van der Waals surface area contributed by atoms with E-state index in [1.807, 2.05) is 0 Å². The minimum Gasteiger partial charge on any atom is -0.459 e. The standard InChI is InChI=1S/C25H26ClN3O5/c1-13(2)21-22(23(31)18-6-14(3)7-19(26)10-18)29(25(33)28-24(21)32)11-17-8-15(4)27-20(9-17)12-34-16(5)30/h6-10,13H,11-12H2,1-5H3,(H,28,32,33). The van der Waals surface area contributed by atoms with Gasteiger partial charge in [-0.1, -0.05) is 25.4 Å². The van der Waals surface area contributed by atoms with Crippen molar-refractivity contribution in [3.8, 4) is 0 Å². The van der Waals surface area contributed by atoms with E-state index in [1.165, 1.54) is 17.6 Å². The van der Waals surface area contributed by atoms with Gasteiger partial charge in [0.1, 0.15) is 12.3 Å². The number of carbonyl (C=O) groups excluding carboxylic acids is 2. The summed E-state index contributed by atoms with van der Waals surface area (Å²) in [7, 11) is 0. The van der Waals surface area contributed by atoms with E-state index in [-0.39, 0.29) is 35.9 Å². The van der Waals surface area contributed by atoms with E-state index >= 15 is 0 Å². The van der Waals surface area contributed by atoms with Crippen molar-refractivity contribution in [2.75, 3.05) is 0 Å². The van der Waals surface area contributed by atoms with Crippen LogP contribution in [0.5, 0.6) is 0 Å². The molecule has 0 aliphatic carbocycles. The first kappa shape index (κ1) is 25.1. The molecule has 0 aliphatic heterocycles. The average Bonchev–Trinajstić information content (AvgIpc) is 2.72. The highest BCUT2D eigenvalue weighted by atomic mass is 35.5. The summed E-state index contributed by atoms with van der Waals surface area (Å²) in [5.41, 5.74) is 1.81. The molecule has 1 N–H and O–H groups in total. The monoisotopic (exact) mass is 483 g/mol. The number of esters is 1. The summed E-state index contributed by atoms with van der Waals surface area (Å²) in [6.07, 6.45) is 0. The van der Waals surface area contributed by atoms with Crippen LogP contribution in [-0.2, 0) is 22.7 Å². The van der Waals surface area contributed by atoms with Crippen LogP contribution < -0.4 is 11.2 Å². The van der Waals surface area contributed by atoms with Crippen LogP contribution in [0.3, 0.4) is 0 Å². The Morgan fingerprint density at radius 2 is 1.82 bits per heavy atom. The molecule has 3 rings (SSSR count). The molecular formula is C25H26ClN3O5. The Hall–Kier alpha value is -3.52. The van der Waals surface area contributed by atoms with Crippen LogP contribution in [0.4, 0.5) is 0 Å². The first-order valence-corrected chi connectivity index (χ1v) is 11.1. The molecule has 2 heterocycles. The molecule has 3 aromatic rings. The summed E-state index contributed by atoms with van der Waals surface area (Å²) in [4.78, 5) is 57.2. The Labute approximate surface area is 201 Å². The number of aromatic amines is 1. The molecule has 0 radical (unpaired) electrons. The molecule has 0 saturated carbocycles. The number of pyridine rings is 1. The Balaban J connectivity index is 2.19. The quantitative estimate of drug-likeness (QED) is 0.405. The van der Waals surface area contributed by atoms with Gasteiger partial charge >= 0.3 is 11.7 Å². The highest BCUT2D eigenvalue weighted by molar-refractivity contribution is 6.31. The van der Waals surface area contributed by atoms with Crippen LogP contribution >= 0.6 is 11.6 Å². The average molecular weight is 484 g/mol. The van der Waals surface area contributed by atoms with E-state index in [1.54, 1.807) is 52.0 Å². The Morgan fingerprint density at radius 3 is 2.44 bits per heavy atom. The lowest BCUT2D eigenvalue weighted by atomic mass is 9.96. The predicted octanol–water partition coefficient (Wildman–Crippen LogP) is 3.67. The first-order chi connectivity index (χ1) is 16.0. The second-order valence-electron chi connectivity index (χ2n) is 8.50. The van der Waals surface area contributed by atoms with Gasteiger partial charge in [0, 0.05) is 28.8 Å². The number of nitrogens with zero attached hydrogens (tertiary/aromatic N) is 2. The number of ketones is 1. The molecule has 0 spiro atoms. The van der Waals surface area contributed by atoms with Crippen molar-refractivity contribution >= 4 is 23.4 Å². The highest BCUT2D eigenvalue weighted by Gasteiger charge is 2.25. The van der Waals surface area contributed by atoms with Crippen LogP contribution in [0.15, 0.2) is 39.9 Å². The van der Waals surface area contributed by atoms with Gasteiger partial charge in [-0.25, -0.2) is 4.79 Å². The van der Waals surface area contributed by atoms with Crippen molar-refractivity contribution in [3.05, 3.63) is 95.5 Å². The summed E-state index contributed by atoms with van der Waals surface area (Å²) >= 11 is 6.17. The van der Waals surface area contributed by atoms with Crippen LogP contribution in [0.25, 0.3) is 0 Å². The van der Waals surface area contributed by atoms with Crippen molar-refractivity contribution in [3.63, 3.8) is 0 Å². The molecule has 178 valence electrons. The molecule has 0 saturated heterocycles. The Morgan fingerprint density at radius 1 is 1.12 bits per heavy atom. The summed E-state index contributed by atoms with van der Waals surface area (Å²) in [6.45, 7) is 8.44. The zero-order chi connectivity index (χ0) is 25.2. The third-order valence-electron chi connectivity index (χ3n) is 5.16. The predicted molar refractivity (Wildman–Crippen MR) is 129 cm³/mol. The van der Waals surface area contributed by atoms with Crippen LogP contribution in [0.2, 0.25) is 5.02 Å². The number of carbonyl (C=O) groups is 2. The number of aryl methyl sites for hydroxylation is 2. The van der Waals surface area contributed by atoms with Crippen molar-refractivity contribution in [1.82, 2.24) is 14.5 Å². The molecule has 2 aromatic heterocycles. The van der Waals surface area contributed by atoms with Gasteiger partial charge in [0.05, 0.1) is 12.2 Å². The number of hydrogen-bond acceptors (Lipinski definition) is 6. The maximum Gasteiger partial charge on any atom is 0.329 e. The van der Waals surface area contributed by atoms with Gasteiger partial charge in [-0.05, 0) is 61.2 Å². The first-order valence-electron chi connectivity index (χ1n) is 10.7. The smallest absolute Gasteiger partial charge is 0.329 e. The molecule has 9 heteroatoms. The minimum absolute atomic E-state index is 0.00634. The number of aromatic nitrogens is 3. The number of benzene rings is 1. The molecular weight excluding hydrogens is 458 g/mol. The molecule has 0 atom stereocenters. The fourth-order valence-corrected chi connectivity index (χ4v) is 4.15. The molecule has 0 unspecified atom stereocenters. The molecule has 0 fully saturated rings. The number of rotatable bonds is 7. The molecule has 8 nitrogen and oxygen atoms in total. The molecule has 1 aromatic carbocycles. The van der Waals surface area contributed by atoms with Gasteiger partial charge in [-0.2, -0.15) is 0 Å². The van der Waals surface area contributed by atoms with Crippen molar-refractivity contribution in [2.45, 2.75) is 53.7 Å². The number of nitrogens with one attached hydrogen (secondary N) is 1. The molecule has 0 aliphatic rings. The van der Waals surface area contributed by atoms with Crippen LogP contribution in [0.1, 0.15) is 70.8 Å². The van der Waals surface area contributed by atoms with Crippen LogP contribution in [-0.4, -0.2) is 26.3 Å². The normalized spacial score (nSPS) is 11.0. The minimum atomic E-state index is -0.701. The number of halogens is 1. The number of H-pyrrole nitrogens is 1. The SMILES string of the molecule is CC(=O)OCc1cc(Cn2c(C(=O)c3cc(C)cc(Cl)c3)c(C(C)C)c(=O)[nH]c2=O)cc(C)n1. The topological polar surface area (TPSA) is 111 Å². The zero-order valence-electron chi connectivity index (χ0n) is 19.7. The van der Waals surface area contributed by atoms with E-state index in [2.05, 4.69) is 9.97 Å². The largest absolute Gasteiger partial charge is 0.459 e. The second-order valence-corrected chi connectivity index (χ2v) is 8.93. The van der Waals surface area contributed by atoms with Gasteiger partial charge in [0.25, 0.3) is 5.56 Å². The third-order valence-corrected chi connectivity index (χ3v) is 5.38. The van der Waals surface area contributed by atoms with Crippen molar-refractivity contribution in [1.29, 1.82) is 0 Å². The van der Waals surface area contributed by atoms with E-state index in [4.69, 9.17) is 16.3 Å². The third kappa shape index (κ3) is 5.69. The van der Waals surface area contributed by atoms with Crippen molar-refractivity contribution in [2.24, 2.45) is 0 Å². The summed E-state index contributed by atoms with van der Waals surface area (Å²) in [5.74, 6) is -1.23. The van der Waals surface area contributed by atoms with Gasteiger partial charge in [0.2, 0.25) is 5.78 Å². The Bertz CT molecular complexity index is 1370. The fourth-order valence-electron chi connectivity index (χ4n) is 3.86. The Kier molecular flexibility index (Phi) is 7.51. The maximum absolute atomic E-state index is 13.7. The highest BCUT2D eigenvalue weighted by Crippen LogP contribution is 2.22. The lowest BCUT2D eigenvalue weighted by Gasteiger charge is -2.18.